The highest BCUT2D eigenvalue weighted by molar-refractivity contribution is 6.05. The predicted octanol–water partition coefficient (Wildman–Crippen LogP) is 3.54. The molecule has 0 fully saturated rings. The van der Waals surface area contributed by atoms with Gasteiger partial charge in [0.15, 0.2) is 11.6 Å². The number of carbonyl (C=O) groups excluding carboxylic acids is 1. The number of hydrogen-bond acceptors (Lipinski definition) is 2. The number of fused-ring (bicyclic) bond motifs is 1. The molecule has 0 saturated carbocycles. The third kappa shape index (κ3) is 2.30. The van der Waals surface area contributed by atoms with E-state index in [0.717, 1.165) is 10.9 Å². The zero-order valence-electron chi connectivity index (χ0n) is 11.4. The normalized spacial score (nSPS) is 10.9. The van der Waals surface area contributed by atoms with Crippen LogP contribution < -0.4 is 5.32 Å². The summed E-state index contributed by atoms with van der Waals surface area (Å²) in [6.07, 6.45) is 1.63. The molecule has 0 aliphatic rings. The topological polar surface area (TPSA) is 57.8 Å². The summed E-state index contributed by atoms with van der Waals surface area (Å²) in [4.78, 5) is 12.0. The Morgan fingerprint density at radius 3 is 2.68 bits per heavy atom. The van der Waals surface area contributed by atoms with E-state index < -0.39 is 28.9 Å². The third-order valence-electron chi connectivity index (χ3n) is 3.29. The van der Waals surface area contributed by atoms with Gasteiger partial charge in [-0.2, -0.15) is 5.10 Å². The maximum Gasteiger partial charge on any atom is 0.261 e. The molecular formula is C15H10F3N3O. The average Bonchev–Trinajstić information content (AvgIpc) is 2.92. The van der Waals surface area contributed by atoms with Crippen molar-refractivity contribution in [2.24, 2.45) is 0 Å². The first kappa shape index (κ1) is 14.1. The largest absolute Gasteiger partial charge is 0.322 e. The Hall–Kier alpha value is -2.83. The number of aromatic nitrogens is 2. The molecule has 22 heavy (non-hydrogen) atoms. The molecule has 4 nitrogen and oxygen atoms in total. The number of aryl methyl sites for hydroxylation is 1. The van der Waals surface area contributed by atoms with E-state index in [1.807, 2.05) is 0 Å². The highest BCUT2D eigenvalue weighted by Crippen LogP contribution is 2.23. The van der Waals surface area contributed by atoms with Gasteiger partial charge in [0.05, 0.1) is 11.7 Å². The van der Waals surface area contributed by atoms with Gasteiger partial charge >= 0.3 is 0 Å². The molecule has 0 unspecified atom stereocenters. The number of aromatic amines is 1. The van der Waals surface area contributed by atoms with Crippen LogP contribution in [0.2, 0.25) is 0 Å². The lowest BCUT2D eigenvalue weighted by atomic mass is 10.1. The smallest absolute Gasteiger partial charge is 0.261 e. The summed E-state index contributed by atoms with van der Waals surface area (Å²) in [7, 11) is 0. The Labute approximate surface area is 123 Å². The number of benzene rings is 2. The molecule has 0 radical (unpaired) electrons. The Kier molecular flexibility index (Phi) is 3.32. The minimum atomic E-state index is -1.52. The number of nitrogens with one attached hydrogen (secondary N) is 2. The van der Waals surface area contributed by atoms with E-state index in [-0.39, 0.29) is 0 Å². The zero-order chi connectivity index (χ0) is 15.9. The van der Waals surface area contributed by atoms with Crippen LogP contribution in [0.25, 0.3) is 10.9 Å². The molecule has 0 saturated heterocycles. The molecule has 1 amide bonds. The third-order valence-corrected chi connectivity index (χ3v) is 3.29. The monoisotopic (exact) mass is 305 g/mol. The quantitative estimate of drug-likeness (QED) is 0.711. The summed E-state index contributed by atoms with van der Waals surface area (Å²) in [5.41, 5.74) is 0.849. The average molecular weight is 305 g/mol. The minimum absolute atomic E-state index is 0.322. The molecule has 0 bridgehead atoms. The highest BCUT2D eigenvalue weighted by atomic mass is 19.2. The van der Waals surface area contributed by atoms with Crippen LogP contribution in [0.5, 0.6) is 0 Å². The fraction of sp³-hybridized carbons (Fsp3) is 0.0667. The van der Waals surface area contributed by atoms with Gasteiger partial charge in [-0.25, -0.2) is 13.2 Å². The van der Waals surface area contributed by atoms with Gasteiger partial charge in [-0.05, 0) is 36.8 Å². The predicted molar refractivity (Wildman–Crippen MR) is 75.1 cm³/mol. The zero-order valence-corrected chi connectivity index (χ0v) is 11.4. The van der Waals surface area contributed by atoms with E-state index in [0.29, 0.717) is 23.3 Å². The number of H-pyrrole nitrogens is 1. The van der Waals surface area contributed by atoms with Crippen LogP contribution in [0.1, 0.15) is 15.9 Å². The summed E-state index contributed by atoms with van der Waals surface area (Å²) in [6, 6.07) is 4.53. The molecule has 3 rings (SSSR count). The van der Waals surface area contributed by atoms with Crippen LogP contribution in [0.3, 0.4) is 0 Å². The van der Waals surface area contributed by atoms with E-state index in [2.05, 4.69) is 15.5 Å². The van der Waals surface area contributed by atoms with Crippen LogP contribution in [-0.2, 0) is 0 Å². The van der Waals surface area contributed by atoms with Gasteiger partial charge in [-0.15, -0.1) is 0 Å². The summed E-state index contributed by atoms with van der Waals surface area (Å²) in [6.45, 7) is 1.80. The summed E-state index contributed by atoms with van der Waals surface area (Å²) in [5, 5.41) is 9.83. The van der Waals surface area contributed by atoms with Crippen molar-refractivity contribution in [3.63, 3.8) is 0 Å². The van der Waals surface area contributed by atoms with Gasteiger partial charge in [0.2, 0.25) is 0 Å². The Bertz CT molecular complexity index is 889. The number of hydrogen-bond donors (Lipinski definition) is 2. The van der Waals surface area contributed by atoms with Crippen LogP contribution in [0, 0.1) is 24.4 Å². The van der Waals surface area contributed by atoms with Gasteiger partial charge in [0.1, 0.15) is 11.4 Å². The second-order valence-corrected chi connectivity index (χ2v) is 4.80. The maximum absolute atomic E-state index is 13.6. The van der Waals surface area contributed by atoms with Crippen molar-refractivity contribution < 1.29 is 18.0 Å². The van der Waals surface area contributed by atoms with Crippen molar-refractivity contribution in [2.45, 2.75) is 6.92 Å². The second kappa shape index (κ2) is 5.18. The molecule has 7 heteroatoms. The van der Waals surface area contributed by atoms with Crippen LogP contribution in [0.15, 0.2) is 30.5 Å². The molecule has 112 valence electrons. The first-order valence-electron chi connectivity index (χ1n) is 6.36. The number of nitrogens with zero attached hydrogens (tertiary/aromatic N) is 1. The molecule has 2 N–H and O–H groups in total. The number of halogens is 3. The molecular weight excluding hydrogens is 295 g/mol. The van der Waals surface area contributed by atoms with E-state index in [1.165, 1.54) is 0 Å². The number of rotatable bonds is 2. The fourth-order valence-electron chi connectivity index (χ4n) is 2.23. The van der Waals surface area contributed by atoms with Crippen molar-refractivity contribution in [1.82, 2.24) is 10.2 Å². The first-order valence-corrected chi connectivity index (χ1v) is 6.36. The standard InChI is InChI=1S/C15H10F3N3O/c1-7-4-8(5-12-9(7)6-19-21-12)20-15(22)13-10(16)2-3-11(17)14(13)18/h2-6H,1H3,(H,19,21)(H,20,22). The number of amides is 1. The Morgan fingerprint density at radius 1 is 1.18 bits per heavy atom. The van der Waals surface area contributed by atoms with Crippen LogP contribution in [-0.4, -0.2) is 16.1 Å². The molecule has 1 heterocycles. The van der Waals surface area contributed by atoms with Gasteiger partial charge in [0, 0.05) is 11.1 Å². The van der Waals surface area contributed by atoms with E-state index >= 15 is 0 Å². The van der Waals surface area contributed by atoms with Crippen molar-refractivity contribution in [3.8, 4) is 0 Å². The number of anilines is 1. The maximum atomic E-state index is 13.6. The van der Waals surface area contributed by atoms with Gasteiger partial charge < -0.3 is 5.32 Å². The Balaban J connectivity index is 1.98. The van der Waals surface area contributed by atoms with Crippen LogP contribution in [0.4, 0.5) is 18.9 Å². The molecule has 0 aliphatic heterocycles. The van der Waals surface area contributed by atoms with Crippen molar-refractivity contribution >= 4 is 22.5 Å². The summed E-state index contributed by atoms with van der Waals surface area (Å²) < 4.78 is 40.3. The van der Waals surface area contributed by atoms with Gasteiger partial charge in [0.25, 0.3) is 5.91 Å². The lowest BCUT2D eigenvalue weighted by Crippen LogP contribution is -2.16. The molecule has 0 spiro atoms. The molecule has 1 aromatic heterocycles. The van der Waals surface area contributed by atoms with Crippen LogP contribution >= 0.6 is 0 Å². The molecule has 2 aromatic carbocycles. The lowest BCUT2D eigenvalue weighted by Gasteiger charge is -2.09. The SMILES string of the molecule is Cc1cc(NC(=O)c2c(F)ccc(F)c2F)cc2[nH]ncc12. The summed E-state index contributed by atoms with van der Waals surface area (Å²) >= 11 is 0. The lowest BCUT2D eigenvalue weighted by molar-refractivity contribution is 0.101. The van der Waals surface area contributed by atoms with Crippen molar-refractivity contribution in [2.75, 3.05) is 5.32 Å². The van der Waals surface area contributed by atoms with E-state index in [4.69, 9.17) is 0 Å². The van der Waals surface area contributed by atoms with Gasteiger partial charge in [-0.3, -0.25) is 9.89 Å². The highest BCUT2D eigenvalue weighted by Gasteiger charge is 2.21. The number of carbonyl (C=O) groups is 1. The van der Waals surface area contributed by atoms with Gasteiger partial charge in [-0.1, -0.05) is 0 Å². The van der Waals surface area contributed by atoms with E-state index in [9.17, 15) is 18.0 Å². The van der Waals surface area contributed by atoms with E-state index in [1.54, 1.807) is 25.3 Å². The Morgan fingerprint density at radius 2 is 1.91 bits per heavy atom. The second-order valence-electron chi connectivity index (χ2n) is 4.80. The molecule has 3 aromatic rings. The molecule has 0 aliphatic carbocycles. The first-order chi connectivity index (χ1) is 10.5. The summed E-state index contributed by atoms with van der Waals surface area (Å²) in [5.74, 6) is -4.99. The van der Waals surface area contributed by atoms with Crippen molar-refractivity contribution in [1.29, 1.82) is 0 Å². The fourth-order valence-corrected chi connectivity index (χ4v) is 2.23. The minimum Gasteiger partial charge on any atom is -0.322 e. The molecule has 0 atom stereocenters. The van der Waals surface area contributed by atoms with Crippen molar-refractivity contribution in [3.05, 3.63) is 59.0 Å².